The van der Waals surface area contributed by atoms with Crippen molar-refractivity contribution in [3.8, 4) is 0 Å². The van der Waals surface area contributed by atoms with Gasteiger partial charge in [0.05, 0.1) is 10.6 Å². The summed E-state index contributed by atoms with van der Waals surface area (Å²) in [7, 11) is 1.52. The topological polar surface area (TPSA) is 108 Å². The summed E-state index contributed by atoms with van der Waals surface area (Å²) in [6.45, 7) is 6.48. The Morgan fingerprint density at radius 2 is 2.04 bits per heavy atom. The number of aromatic nitrogens is 4. The Kier molecular flexibility index (Phi) is 4.77. The summed E-state index contributed by atoms with van der Waals surface area (Å²) in [5.74, 6) is -0.492. The van der Waals surface area contributed by atoms with Crippen LogP contribution in [0.5, 0.6) is 0 Å². The number of hydrogen-bond donors (Lipinski definition) is 1. The van der Waals surface area contributed by atoms with Crippen molar-refractivity contribution in [2.75, 3.05) is 6.54 Å². The van der Waals surface area contributed by atoms with Crippen molar-refractivity contribution in [2.45, 2.75) is 33.7 Å². The number of nitro groups is 1. The van der Waals surface area contributed by atoms with E-state index in [0.29, 0.717) is 19.5 Å². The molecule has 2 aromatic heterocycles. The van der Waals surface area contributed by atoms with Crippen LogP contribution in [0.1, 0.15) is 34.0 Å². The number of nitrogens with one attached hydrogen (secondary N) is 1. The van der Waals surface area contributed by atoms with Gasteiger partial charge in [0.15, 0.2) is 0 Å². The van der Waals surface area contributed by atoms with Crippen LogP contribution in [0.15, 0.2) is 6.07 Å². The average molecular weight is 320 g/mol. The predicted octanol–water partition coefficient (Wildman–Crippen LogP) is 1.27. The second-order valence-corrected chi connectivity index (χ2v) is 5.42. The summed E-state index contributed by atoms with van der Waals surface area (Å²) in [6.07, 6.45) is 0.679. The van der Waals surface area contributed by atoms with Gasteiger partial charge in [0.1, 0.15) is 5.69 Å². The second-order valence-electron chi connectivity index (χ2n) is 5.42. The molecule has 2 aromatic rings. The van der Waals surface area contributed by atoms with E-state index in [1.165, 1.54) is 18.7 Å². The zero-order chi connectivity index (χ0) is 17.1. The highest BCUT2D eigenvalue weighted by Gasteiger charge is 2.28. The Balaban J connectivity index is 1.95. The van der Waals surface area contributed by atoms with Crippen molar-refractivity contribution in [1.82, 2.24) is 24.9 Å². The second kappa shape index (κ2) is 6.59. The maximum atomic E-state index is 12.2. The van der Waals surface area contributed by atoms with E-state index in [1.54, 1.807) is 0 Å². The zero-order valence-corrected chi connectivity index (χ0v) is 13.7. The molecule has 2 heterocycles. The summed E-state index contributed by atoms with van der Waals surface area (Å²) in [4.78, 5) is 22.7. The lowest BCUT2D eigenvalue weighted by Crippen LogP contribution is -2.28. The third-order valence-corrected chi connectivity index (χ3v) is 3.52. The molecule has 0 radical (unpaired) electrons. The monoisotopic (exact) mass is 320 g/mol. The van der Waals surface area contributed by atoms with Crippen LogP contribution >= 0.6 is 0 Å². The molecule has 1 N–H and O–H groups in total. The van der Waals surface area contributed by atoms with E-state index < -0.39 is 10.8 Å². The fraction of sp³-hybridized carbons (Fsp3) is 0.500. The smallest absolute Gasteiger partial charge is 0.322 e. The van der Waals surface area contributed by atoms with Gasteiger partial charge in [0.2, 0.25) is 5.69 Å². The summed E-state index contributed by atoms with van der Waals surface area (Å²) in [5.41, 5.74) is 1.96. The minimum Gasteiger partial charge on any atom is -0.350 e. The van der Waals surface area contributed by atoms with Gasteiger partial charge in [-0.2, -0.15) is 10.2 Å². The maximum absolute atomic E-state index is 12.2. The Morgan fingerprint density at radius 3 is 2.61 bits per heavy atom. The SMILES string of the molecule is Cc1cc(C)n(CCCNC(=O)c2c([N+](=O)[O-])c(C)nn2C)n1. The molecule has 0 aliphatic carbocycles. The summed E-state index contributed by atoms with van der Waals surface area (Å²) in [5, 5.41) is 22.1. The Labute approximate surface area is 133 Å². The van der Waals surface area contributed by atoms with Crippen molar-refractivity contribution < 1.29 is 9.72 Å². The minimum absolute atomic E-state index is 0.0291. The molecule has 23 heavy (non-hydrogen) atoms. The molecule has 0 unspecified atom stereocenters. The molecule has 0 atom stereocenters. The van der Waals surface area contributed by atoms with Crippen molar-refractivity contribution in [3.63, 3.8) is 0 Å². The Hall–Kier alpha value is -2.71. The molecule has 0 spiro atoms. The van der Waals surface area contributed by atoms with Crippen molar-refractivity contribution in [3.05, 3.63) is 39.0 Å². The maximum Gasteiger partial charge on any atom is 0.322 e. The number of rotatable bonds is 6. The molecule has 0 bridgehead atoms. The molecule has 1 amide bonds. The molecule has 0 fully saturated rings. The largest absolute Gasteiger partial charge is 0.350 e. The highest BCUT2D eigenvalue weighted by molar-refractivity contribution is 5.96. The molecule has 0 aliphatic heterocycles. The van der Waals surface area contributed by atoms with Gasteiger partial charge >= 0.3 is 5.69 Å². The van der Waals surface area contributed by atoms with Crippen LogP contribution in [-0.4, -0.2) is 36.9 Å². The number of carbonyl (C=O) groups is 1. The molecule has 9 heteroatoms. The van der Waals surface area contributed by atoms with Gasteiger partial charge < -0.3 is 5.32 Å². The summed E-state index contributed by atoms with van der Waals surface area (Å²) < 4.78 is 3.11. The van der Waals surface area contributed by atoms with Crippen LogP contribution in [0.3, 0.4) is 0 Å². The fourth-order valence-electron chi connectivity index (χ4n) is 2.54. The molecular formula is C14H20N6O3. The van der Waals surface area contributed by atoms with Crippen LogP contribution in [0.25, 0.3) is 0 Å². The number of carbonyl (C=O) groups excluding carboxylic acids is 1. The van der Waals surface area contributed by atoms with Gasteiger partial charge in [-0.3, -0.25) is 24.3 Å². The van der Waals surface area contributed by atoms with Crippen LogP contribution < -0.4 is 5.32 Å². The van der Waals surface area contributed by atoms with E-state index >= 15 is 0 Å². The predicted molar refractivity (Wildman–Crippen MR) is 83.3 cm³/mol. The van der Waals surface area contributed by atoms with Crippen LogP contribution in [0.2, 0.25) is 0 Å². The first-order valence-corrected chi connectivity index (χ1v) is 7.28. The highest BCUT2D eigenvalue weighted by atomic mass is 16.6. The number of amides is 1. The van der Waals surface area contributed by atoms with E-state index in [4.69, 9.17) is 0 Å². The van der Waals surface area contributed by atoms with Gasteiger partial charge in [0, 0.05) is 25.8 Å². The van der Waals surface area contributed by atoms with Gasteiger partial charge in [-0.25, -0.2) is 0 Å². The number of nitrogens with zero attached hydrogens (tertiary/aromatic N) is 5. The lowest BCUT2D eigenvalue weighted by Gasteiger charge is -2.06. The number of aryl methyl sites for hydroxylation is 5. The first-order chi connectivity index (χ1) is 10.8. The van der Waals surface area contributed by atoms with E-state index in [9.17, 15) is 14.9 Å². The first kappa shape index (κ1) is 16.7. The molecule has 124 valence electrons. The van der Waals surface area contributed by atoms with E-state index in [0.717, 1.165) is 11.4 Å². The third-order valence-electron chi connectivity index (χ3n) is 3.52. The molecule has 0 aliphatic rings. The third kappa shape index (κ3) is 3.55. The zero-order valence-electron chi connectivity index (χ0n) is 13.7. The minimum atomic E-state index is -0.576. The van der Waals surface area contributed by atoms with Crippen molar-refractivity contribution in [1.29, 1.82) is 0 Å². The van der Waals surface area contributed by atoms with Crippen LogP contribution in [0, 0.1) is 30.9 Å². The lowest BCUT2D eigenvalue weighted by atomic mass is 10.3. The van der Waals surface area contributed by atoms with Gasteiger partial charge in [-0.1, -0.05) is 0 Å². The standard InChI is InChI=1S/C14H20N6O3/c1-9-8-10(2)19(16-9)7-5-6-15-14(21)13-12(20(22)23)11(3)17-18(13)4/h8H,5-7H2,1-4H3,(H,15,21). The average Bonchev–Trinajstić information content (AvgIpc) is 2.93. The Bertz CT molecular complexity index is 746. The quantitative estimate of drug-likeness (QED) is 0.490. The van der Waals surface area contributed by atoms with E-state index in [1.807, 2.05) is 24.6 Å². The normalized spacial score (nSPS) is 10.8. The molecule has 9 nitrogen and oxygen atoms in total. The highest BCUT2D eigenvalue weighted by Crippen LogP contribution is 2.21. The van der Waals surface area contributed by atoms with Gasteiger partial charge in [-0.15, -0.1) is 0 Å². The number of hydrogen-bond acceptors (Lipinski definition) is 5. The van der Waals surface area contributed by atoms with Crippen LogP contribution in [-0.2, 0) is 13.6 Å². The molecule has 0 saturated heterocycles. The molecule has 0 saturated carbocycles. The van der Waals surface area contributed by atoms with E-state index in [-0.39, 0.29) is 17.1 Å². The van der Waals surface area contributed by atoms with Crippen LogP contribution in [0.4, 0.5) is 5.69 Å². The lowest BCUT2D eigenvalue weighted by molar-refractivity contribution is -0.385. The molecular weight excluding hydrogens is 300 g/mol. The first-order valence-electron chi connectivity index (χ1n) is 7.28. The molecule has 0 aromatic carbocycles. The van der Waals surface area contributed by atoms with Crippen molar-refractivity contribution in [2.24, 2.45) is 7.05 Å². The summed E-state index contributed by atoms with van der Waals surface area (Å²) >= 11 is 0. The van der Waals surface area contributed by atoms with E-state index in [2.05, 4.69) is 15.5 Å². The van der Waals surface area contributed by atoms with Gasteiger partial charge in [-0.05, 0) is 33.3 Å². The summed E-state index contributed by atoms with van der Waals surface area (Å²) in [6, 6.07) is 1.99. The van der Waals surface area contributed by atoms with Crippen molar-refractivity contribution >= 4 is 11.6 Å². The van der Waals surface area contributed by atoms with Gasteiger partial charge in [0.25, 0.3) is 5.91 Å². The Morgan fingerprint density at radius 1 is 1.35 bits per heavy atom. The fourth-order valence-corrected chi connectivity index (χ4v) is 2.54. The molecule has 2 rings (SSSR count).